The Hall–Kier alpha value is -0.100. The van der Waals surface area contributed by atoms with Crippen molar-refractivity contribution in [2.24, 2.45) is 0 Å². The third kappa shape index (κ3) is 2.77. The van der Waals surface area contributed by atoms with Crippen LogP contribution < -0.4 is 5.32 Å². The maximum absolute atomic E-state index is 11.5. The molecule has 0 aliphatic carbocycles. The molecule has 0 radical (unpaired) electrons. The fraction of sp³-hybridized carbons (Fsp3) is 0.400. The molecule has 1 aromatic carbocycles. The molecule has 6 heteroatoms. The van der Waals surface area contributed by atoms with Crippen LogP contribution in [0.1, 0.15) is 11.6 Å². The molecule has 0 spiro atoms. The van der Waals surface area contributed by atoms with Gasteiger partial charge in [-0.15, -0.1) is 0 Å². The Kier molecular flexibility index (Phi) is 3.59. The van der Waals surface area contributed by atoms with E-state index < -0.39 is 9.84 Å². The average Bonchev–Trinajstić information content (AvgIpc) is 2.15. The van der Waals surface area contributed by atoms with Gasteiger partial charge in [0.15, 0.2) is 9.84 Å². The van der Waals surface area contributed by atoms with Crippen LogP contribution in [0.25, 0.3) is 0 Å². The molecule has 1 saturated heterocycles. The van der Waals surface area contributed by atoms with Crippen LogP contribution in [0.2, 0.25) is 5.02 Å². The molecule has 1 heterocycles. The highest BCUT2D eigenvalue weighted by atomic mass is 79.9. The molecule has 1 aliphatic heterocycles. The second kappa shape index (κ2) is 4.64. The first-order valence-electron chi connectivity index (χ1n) is 4.87. The number of hydrogen-bond acceptors (Lipinski definition) is 3. The minimum Gasteiger partial charge on any atom is -0.308 e. The summed E-state index contributed by atoms with van der Waals surface area (Å²) in [5, 5.41) is 3.76. The Balaban J connectivity index is 2.30. The Morgan fingerprint density at radius 1 is 1.44 bits per heavy atom. The maximum atomic E-state index is 11.5. The van der Waals surface area contributed by atoms with Gasteiger partial charge in [-0.25, -0.2) is 8.42 Å². The van der Waals surface area contributed by atoms with Crippen LogP contribution in [0.4, 0.5) is 0 Å². The molecule has 1 unspecified atom stereocenters. The summed E-state index contributed by atoms with van der Waals surface area (Å²) in [7, 11) is -2.94. The van der Waals surface area contributed by atoms with E-state index in [1.807, 2.05) is 12.1 Å². The lowest BCUT2D eigenvalue weighted by Gasteiger charge is -2.24. The van der Waals surface area contributed by atoms with Crippen LogP contribution in [0.15, 0.2) is 22.7 Å². The second-order valence-corrected chi connectivity index (χ2v) is 7.34. The van der Waals surface area contributed by atoms with E-state index in [1.165, 1.54) is 0 Å². The van der Waals surface area contributed by atoms with Crippen molar-refractivity contribution in [3.63, 3.8) is 0 Å². The van der Waals surface area contributed by atoms with Gasteiger partial charge in [0.25, 0.3) is 0 Å². The minimum absolute atomic E-state index is 0.119. The van der Waals surface area contributed by atoms with E-state index in [2.05, 4.69) is 21.2 Å². The number of halogens is 2. The molecule has 88 valence electrons. The van der Waals surface area contributed by atoms with E-state index >= 15 is 0 Å². The number of rotatable bonds is 1. The normalized spacial score (nSPS) is 24.2. The first-order valence-corrected chi connectivity index (χ1v) is 7.86. The molecule has 1 fully saturated rings. The molecule has 3 nitrogen and oxygen atoms in total. The molecule has 0 amide bonds. The predicted octanol–water partition coefficient (Wildman–Crippen LogP) is 2.16. The van der Waals surface area contributed by atoms with Crippen molar-refractivity contribution in [3.8, 4) is 0 Å². The molecule has 16 heavy (non-hydrogen) atoms. The molecule has 1 aromatic rings. The van der Waals surface area contributed by atoms with Gasteiger partial charge in [-0.1, -0.05) is 33.6 Å². The standard InChI is InChI=1S/C10H11BrClNO2S/c11-7-1-2-8(9(12)5-7)10-6-16(14,15)4-3-13-10/h1-2,5,10,13H,3-4,6H2. The number of hydrogen-bond donors (Lipinski definition) is 1. The maximum Gasteiger partial charge on any atom is 0.153 e. The SMILES string of the molecule is O=S1(=O)CCNC(c2ccc(Br)cc2Cl)C1. The highest BCUT2D eigenvalue weighted by Gasteiger charge is 2.26. The van der Waals surface area contributed by atoms with Crippen molar-refractivity contribution in [1.29, 1.82) is 0 Å². The van der Waals surface area contributed by atoms with Crippen molar-refractivity contribution >= 4 is 37.4 Å². The van der Waals surface area contributed by atoms with Crippen molar-refractivity contribution in [1.82, 2.24) is 5.32 Å². The van der Waals surface area contributed by atoms with Crippen LogP contribution >= 0.6 is 27.5 Å². The van der Waals surface area contributed by atoms with E-state index in [0.29, 0.717) is 11.6 Å². The zero-order chi connectivity index (χ0) is 11.8. The first-order chi connectivity index (χ1) is 7.48. The van der Waals surface area contributed by atoms with Gasteiger partial charge in [0, 0.05) is 22.1 Å². The highest BCUT2D eigenvalue weighted by molar-refractivity contribution is 9.10. The molecular weight excluding hydrogens is 314 g/mol. The van der Waals surface area contributed by atoms with E-state index in [4.69, 9.17) is 11.6 Å². The van der Waals surface area contributed by atoms with Crippen LogP contribution in [-0.4, -0.2) is 26.5 Å². The number of nitrogens with one attached hydrogen (secondary N) is 1. The molecular formula is C10H11BrClNO2S. The summed E-state index contributed by atoms with van der Waals surface area (Å²) < 4.78 is 23.9. The average molecular weight is 325 g/mol. The first kappa shape index (κ1) is 12.4. The molecule has 1 atom stereocenters. The fourth-order valence-corrected chi connectivity index (χ4v) is 3.97. The van der Waals surface area contributed by atoms with E-state index in [1.54, 1.807) is 6.07 Å². The zero-order valence-corrected chi connectivity index (χ0v) is 11.6. The summed E-state index contributed by atoms with van der Waals surface area (Å²) in [6.07, 6.45) is 0. The van der Waals surface area contributed by atoms with E-state index in [-0.39, 0.29) is 17.5 Å². The third-order valence-corrected chi connectivity index (χ3v) is 5.05. The Morgan fingerprint density at radius 2 is 2.19 bits per heavy atom. The number of sulfone groups is 1. The van der Waals surface area contributed by atoms with Crippen molar-refractivity contribution < 1.29 is 8.42 Å². The van der Waals surface area contributed by atoms with Crippen LogP contribution in [0, 0.1) is 0 Å². The number of benzene rings is 1. The highest BCUT2D eigenvalue weighted by Crippen LogP contribution is 2.28. The summed E-state index contributed by atoms with van der Waals surface area (Å²) in [5.41, 5.74) is 0.841. The Labute approximate surface area is 108 Å². The second-order valence-electron chi connectivity index (χ2n) is 3.79. The molecule has 1 aliphatic rings. The van der Waals surface area contributed by atoms with Crippen molar-refractivity contribution in [3.05, 3.63) is 33.3 Å². The van der Waals surface area contributed by atoms with Crippen LogP contribution in [0.5, 0.6) is 0 Å². The van der Waals surface area contributed by atoms with Gasteiger partial charge < -0.3 is 5.32 Å². The lowest BCUT2D eigenvalue weighted by molar-refractivity contribution is 0.531. The molecule has 0 saturated carbocycles. The minimum atomic E-state index is -2.94. The Bertz CT molecular complexity index is 504. The van der Waals surface area contributed by atoms with Gasteiger partial charge >= 0.3 is 0 Å². The van der Waals surface area contributed by atoms with E-state index in [0.717, 1.165) is 10.0 Å². The fourth-order valence-electron chi connectivity index (χ4n) is 1.77. The largest absolute Gasteiger partial charge is 0.308 e. The molecule has 1 N–H and O–H groups in total. The summed E-state index contributed by atoms with van der Waals surface area (Å²) in [5.74, 6) is 0.325. The summed E-state index contributed by atoms with van der Waals surface area (Å²) >= 11 is 9.41. The lowest BCUT2D eigenvalue weighted by atomic mass is 10.1. The van der Waals surface area contributed by atoms with Gasteiger partial charge in [0.1, 0.15) is 0 Å². The predicted molar refractivity (Wildman–Crippen MR) is 68.5 cm³/mol. The van der Waals surface area contributed by atoms with Crippen LogP contribution in [0.3, 0.4) is 0 Å². The third-order valence-electron chi connectivity index (χ3n) is 2.56. The van der Waals surface area contributed by atoms with Crippen LogP contribution in [-0.2, 0) is 9.84 Å². The van der Waals surface area contributed by atoms with Gasteiger partial charge in [-0.2, -0.15) is 0 Å². The lowest BCUT2D eigenvalue weighted by Crippen LogP contribution is -2.39. The molecule has 2 rings (SSSR count). The summed E-state index contributed by atoms with van der Waals surface area (Å²) in [6.45, 7) is 0.486. The van der Waals surface area contributed by atoms with Crippen molar-refractivity contribution in [2.75, 3.05) is 18.1 Å². The molecule has 0 bridgehead atoms. The molecule has 0 aromatic heterocycles. The Morgan fingerprint density at radius 3 is 2.81 bits per heavy atom. The van der Waals surface area contributed by atoms with Gasteiger partial charge in [0.2, 0.25) is 0 Å². The van der Waals surface area contributed by atoms with Gasteiger partial charge in [-0.3, -0.25) is 0 Å². The van der Waals surface area contributed by atoms with Gasteiger partial charge in [0.05, 0.1) is 11.5 Å². The smallest absolute Gasteiger partial charge is 0.153 e. The summed E-state index contributed by atoms with van der Waals surface area (Å²) in [6, 6.07) is 5.30. The topological polar surface area (TPSA) is 46.2 Å². The van der Waals surface area contributed by atoms with Gasteiger partial charge in [-0.05, 0) is 17.7 Å². The monoisotopic (exact) mass is 323 g/mol. The zero-order valence-electron chi connectivity index (χ0n) is 8.41. The van der Waals surface area contributed by atoms with E-state index in [9.17, 15) is 8.42 Å². The van der Waals surface area contributed by atoms with Crippen molar-refractivity contribution in [2.45, 2.75) is 6.04 Å². The summed E-state index contributed by atoms with van der Waals surface area (Å²) in [4.78, 5) is 0. The quantitative estimate of drug-likeness (QED) is 0.861.